The van der Waals surface area contributed by atoms with Crippen molar-refractivity contribution < 1.29 is 0 Å². The van der Waals surface area contributed by atoms with E-state index in [0.29, 0.717) is 0 Å². The third-order valence-corrected chi connectivity index (χ3v) is 10.0. The van der Waals surface area contributed by atoms with Gasteiger partial charge in [0.25, 0.3) is 0 Å². The van der Waals surface area contributed by atoms with Gasteiger partial charge in [-0.3, -0.25) is 9.55 Å². The molecule has 5 heteroatoms. The zero-order chi connectivity index (χ0) is 30.5. The van der Waals surface area contributed by atoms with Crippen LogP contribution in [0.25, 0.3) is 76.0 Å². The molecule has 1 N–H and O–H groups in total. The minimum absolute atomic E-state index is 0.779. The summed E-state index contributed by atoms with van der Waals surface area (Å²) in [4.78, 5) is 10.9. The Hall–Kier alpha value is -5.78. The first-order chi connectivity index (χ1) is 22.8. The van der Waals surface area contributed by atoms with Gasteiger partial charge in [0.1, 0.15) is 5.82 Å². The van der Waals surface area contributed by atoms with E-state index in [0.717, 1.165) is 45.8 Å². The van der Waals surface area contributed by atoms with Crippen LogP contribution in [0.4, 0.5) is 0 Å². The lowest BCUT2D eigenvalue weighted by molar-refractivity contribution is 0.972. The Morgan fingerprint density at radius 2 is 1.41 bits per heavy atom. The molecular formula is C41H28N4S. The van der Waals surface area contributed by atoms with Gasteiger partial charge < -0.3 is 5.32 Å². The van der Waals surface area contributed by atoms with E-state index in [2.05, 4.69) is 148 Å². The average molecular weight is 609 g/mol. The summed E-state index contributed by atoms with van der Waals surface area (Å²) in [5.74, 6) is 0.894. The lowest BCUT2D eigenvalue weighted by Gasteiger charge is -2.14. The van der Waals surface area contributed by atoms with E-state index < -0.39 is 0 Å². The van der Waals surface area contributed by atoms with Crippen LogP contribution in [0.3, 0.4) is 0 Å². The number of hydrogen-bond acceptors (Lipinski definition) is 4. The van der Waals surface area contributed by atoms with Crippen molar-refractivity contribution in [2.45, 2.75) is 0 Å². The molecule has 0 spiro atoms. The summed E-state index contributed by atoms with van der Waals surface area (Å²) in [5, 5.41) is 7.03. The lowest BCUT2D eigenvalue weighted by atomic mass is 9.98. The Labute approximate surface area is 270 Å². The number of benzene rings is 4. The second-order valence-corrected chi connectivity index (χ2v) is 12.5. The number of nitrogens with one attached hydrogen (secondary N) is 1. The molecule has 4 aromatic heterocycles. The number of nitrogens with zero attached hydrogens (tertiary/aromatic N) is 3. The largest absolute Gasteiger partial charge is 0.387 e. The fraction of sp³-hybridized carbons (Fsp3) is 0.0244. The van der Waals surface area contributed by atoms with Gasteiger partial charge in [-0.25, -0.2) is 4.98 Å². The highest BCUT2D eigenvalue weighted by molar-refractivity contribution is 7.24. The Kier molecular flexibility index (Phi) is 6.35. The predicted octanol–water partition coefficient (Wildman–Crippen LogP) is 10.3. The molecule has 218 valence electrons. The van der Waals surface area contributed by atoms with Crippen LogP contribution in [0.2, 0.25) is 0 Å². The van der Waals surface area contributed by atoms with E-state index in [1.54, 1.807) is 0 Å². The monoisotopic (exact) mass is 608 g/mol. The van der Waals surface area contributed by atoms with Crippen LogP contribution in [0, 0.1) is 0 Å². The summed E-state index contributed by atoms with van der Waals surface area (Å²) < 4.78 is 3.63. The molecule has 5 heterocycles. The van der Waals surface area contributed by atoms with E-state index >= 15 is 0 Å². The van der Waals surface area contributed by atoms with Gasteiger partial charge in [0.2, 0.25) is 0 Å². The minimum atomic E-state index is 0.779. The number of fused-ring (bicyclic) bond motifs is 5. The van der Waals surface area contributed by atoms with Gasteiger partial charge in [-0.2, -0.15) is 0 Å². The number of aromatic nitrogens is 3. The van der Waals surface area contributed by atoms with E-state index in [1.807, 2.05) is 29.9 Å². The standard InChI is InChI=1S/C41H28N4S/c1-3-9-29(10-4-1)38-33-15-16-36-39(41(33)46-40(38)30-11-5-2-6-12-30)32-13-7-8-14-35(32)45(36)37-26-31(27-17-21-42-22-18-27)25-34(44-37)28-19-23-43-24-20-28/h1-23,25-26,43H,24H2. The zero-order valence-electron chi connectivity index (χ0n) is 24.9. The third kappa shape index (κ3) is 4.36. The van der Waals surface area contributed by atoms with Crippen molar-refractivity contribution in [2.24, 2.45) is 0 Å². The molecule has 0 radical (unpaired) electrons. The highest BCUT2D eigenvalue weighted by Gasteiger charge is 2.22. The number of para-hydroxylation sites is 1. The van der Waals surface area contributed by atoms with E-state index in [1.165, 1.54) is 42.4 Å². The zero-order valence-corrected chi connectivity index (χ0v) is 25.7. The quantitative estimate of drug-likeness (QED) is 0.211. The van der Waals surface area contributed by atoms with Gasteiger partial charge in [0.15, 0.2) is 0 Å². The molecule has 0 atom stereocenters. The maximum atomic E-state index is 5.33. The molecule has 0 saturated heterocycles. The van der Waals surface area contributed by atoms with Crippen LogP contribution >= 0.6 is 11.3 Å². The summed E-state index contributed by atoms with van der Waals surface area (Å²) >= 11 is 1.88. The summed E-state index contributed by atoms with van der Waals surface area (Å²) in [6.45, 7) is 0.779. The number of pyridine rings is 2. The molecule has 1 aliphatic heterocycles. The topological polar surface area (TPSA) is 42.7 Å². The van der Waals surface area contributed by atoms with Crippen molar-refractivity contribution in [3.8, 4) is 38.5 Å². The number of allylic oxidation sites excluding steroid dienone is 2. The number of dihydropyridines is 1. The lowest BCUT2D eigenvalue weighted by Crippen LogP contribution is -2.09. The van der Waals surface area contributed by atoms with Crippen LogP contribution < -0.4 is 5.32 Å². The first kappa shape index (κ1) is 26.6. The SMILES string of the molecule is C1=CC(c2cc(-c3ccncc3)cc(-n3c4ccccc4c4c5sc(-c6ccccc6)c(-c6ccccc6)c5ccc43)n2)=CCN1. The fourth-order valence-electron chi connectivity index (χ4n) is 6.67. The normalized spacial score (nSPS) is 12.9. The van der Waals surface area contributed by atoms with Crippen LogP contribution in [-0.2, 0) is 0 Å². The number of thiophene rings is 1. The Balaban J connectivity index is 1.37. The molecule has 4 aromatic carbocycles. The van der Waals surface area contributed by atoms with Gasteiger partial charge >= 0.3 is 0 Å². The molecule has 0 fully saturated rings. The average Bonchev–Trinajstić information content (AvgIpc) is 3.69. The molecule has 8 aromatic rings. The second-order valence-electron chi connectivity index (χ2n) is 11.5. The van der Waals surface area contributed by atoms with Crippen molar-refractivity contribution in [3.63, 3.8) is 0 Å². The maximum Gasteiger partial charge on any atom is 0.138 e. The first-order valence-electron chi connectivity index (χ1n) is 15.5. The molecule has 46 heavy (non-hydrogen) atoms. The predicted molar refractivity (Wildman–Crippen MR) is 193 cm³/mol. The van der Waals surface area contributed by atoms with E-state index in [-0.39, 0.29) is 0 Å². The third-order valence-electron chi connectivity index (χ3n) is 8.76. The second kappa shape index (κ2) is 11.0. The molecule has 0 unspecified atom stereocenters. The summed E-state index contributed by atoms with van der Waals surface area (Å²) in [5.41, 5.74) is 10.3. The Morgan fingerprint density at radius 3 is 2.20 bits per heavy atom. The number of rotatable bonds is 5. The molecule has 9 rings (SSSR count). The van der Waals surface area contributed by atoms with Gasteiger partial charge in [-0.05, 0) is 76.5 Å². The van der Waals surface area contributed by atoms with Gasteiger partial charge in [0.05, 0.1) is 16.7 Å². The highest BCUT2D eigenvalue weighted by atomic mass is 32.1. The van der Waals surface area contributed by atoms with Gasteiger partial charge in [-0.15, -0.1) is 11.3 Å². The van der Waals surface area contributed by atoms with Crippen LogP contribution in [0.1, 0.15) is 5.69 Å². The first-order valence-corrected chi connectivity index (χ1v) is 16.3. The van der Waals surface area contributed by atoms with E-state index in [4.69, 9.17) is 4.98 Å². The van der Waals surface area contributed by atoms with Gasteiger partial charge in [0, 0.05) is 50.2 Å². The van der Waals surface area contributed by atoms with Crippen molar-refractivity contribution in [3.05, 3.63) is 158 Å². The minimum Gasteiger partial charge on any atom is -0.387 e. The van der Waals surface area contributed by atoms with Crippen molar-refractivity contribution >= 4 is 48.8 Å². The van der Waals surface area contributed by atoms with E-state index in [9.17, 15) is 0 Å². The molecule has 0 saturated carbocycles. The molecule has 0 bridgehead atoms. The van der Waals surface area contributed by atoms with Gasteiger partial charge in [-0.1, -0.05) is 91.0 Å². The highest BCUT2D eigenvalue weighted by Crippen LogP contribution is 2.49. The molecular weight excluding hydrogens is 581 g/mol. The molecule has 0 amide bonds. The summed E-state index contributed by atoms with van der Waals surface area (Å²) in [6.07, 6.45) is 9.99. The van der Waals surface area contributed by atoms with Crippen molar-refractivity contribution in [1.29, 1.82) is 0 Å². The van der Waals surface area contributed by atoms with Crippen molar-refractivity contribution in [2.75, 3.05) is 6.54 Å². The Morgan fingerprint density at radius 1 is 0.652 bits per heavy atom. The molecule has 0 aliphatic carbocycles. The molecule has 1 aliphatic rings. The summed E-state index contributed by atoms with van der Waals surface area (Å²) in [7, 11) is 0. The van der Waals surface area contributed by atoms with Crippen molar-refractivity contribution in [1.82, 2.24) is 19.9 Å². The summed E-state index contributed by atoms with van der Waals surface area (Å²) in [6, 6.07) is 43.4. The number of hydrogen-bond donors (Lipinski definition) is 1. The maximum absolute atomic E-state index is 5.33. The Bertz CT molecular complexity index is 2450. The van der Waals surface area contributed by atoms with Crippen LogP contribution in [-0.4, -0.2) is 21.1 Å². The fourth-order valence-corrected chi connectivity index (χ4v) is 8.06. The smallest absolute Gasteiger partial charge is 0.138 e. The van der Waals surface area contributed by atoms with Crippen LogP contribution in [0.15, 0.2) is 152 Å². The molecule has 4 nitrogen and oxygen atoms in total. The van der Waals surface area contributed by atoms with Crippen LogP contribution in [0.5, 0.6) is 0 Å².